The van der Waals surface area contributed by atoms with Crippen molar-refractivity contribution in [3.05, 3.63) is 0 Å². The zero-order chi connectivity index (χ0) is 11.5. The summed E-state index contributed by atoms with van der Waals surface area (Å²) in [5.41, 5.74) is 0. The zero-order valence-corrected chi connectivity index (χ0v) is 10.9. The Morgan fingerprint density at radius 3 is 2.62 bits per heavy atom. The minimum Gasteiger partial charge on any atom is -0.383 e. The fraction of sp³-hybridized carbons (Fsp3) is 1.00. The number of nitrogens with zero attached hydrogens (tertiary/aromatic N) is 1. The first-order valence-corrected chi connectivity index (χ1v) is 6.69. The van der Waals surface area contributed by atoms with E-state index in [-0.39, 0.29) is 0 Å². The van der Waals surface area contributed by atoms with Crippen LogP contribution >= 0.6 is 0 Å². The van der Waals surface area contributed by atoms with Crippen LogP contribution < -0.4 is 5.32 Å². The predicted molar refractivity (Wildman–Crippen MR) is 66.6 cm³/mol. The second-order valence-corrected chi connectivity index (χ2v) is 5.68. The first-order valence-electron chi connectivity index (χ1n) is 6.69. The van der Waals surface area contributed by atoms with E-state index in [1.807, 2.05) is 0 Å². The van der Waals surface area contributed by atoms with Gasteiger partial charge in [-0.1, -0.05) is 13.8 Å². The molecule has 0 bridgehead atoms. The van der Waals surface area contributed by atoms with Crippen LogP contribution in [0.2, 0.25) is 0 Å². The first kappa shape index (κ1) is 12.3. The Balaban J connectivity index is 1.75. The third-order valence-electron chi connectivity index (χ3n) is 3.88. The van der Waals surface area contributed by atoms with E-state index in [1.54, 1.807) is 7.11 Å². The molecule has 16 heavy (non-hydrogen) atoms. The Bertz CT molecular complexity index is 216. The highest BCUT2D eigenvalue weighted by molar-refractivity contribution is 4.93. The van der Waals surface area contributed by atoms with Crippen LogP contribution in [0.15, 0.2) is 0 Å². The molecule has 1 aliphatic heterocycles. The third kappa shape index (κ3) is 3.19. The van der Waals surface area contributed by atoms with E-state index in [0.717, 1.165) is 12.6 Å². The summed E-state index contributed by atoms with van der Waals surface area (Å²) in [6, 6.07) is 2.11. The second-order valence-electron chi connectivity index (χ2n) is 5.68. The summed E-state index contributed by atoms with van der Waals surface area (Å²) >= 11 is 0. The Morgan fingerprint density at radius 1 is 1.31 bits per heavy atom. The van der Waals surface area contributed by atoms with Crippen molar-refractivity contribution in [3.63, 3.8) is 0 Å². The van der Waals surface area contributed by atoms with E-state index < -0.39 is 0 Å². The summed E-state index contributed by atoms with van der Waals surface area (Å²) in [4.78, 5) is 2.65. The molecule has 0 amide bonds. The molecule has 1 saturated carbocycles. The quantitative estimate of drug-likeness (QED) is 0.742. The van der Waals surface area contributed by atoms with Crippen LogP contribution in [0.5, 0.6) is 0 Å². The molecule has 2 unspecified atom stereocenters. The zero-order valence-electron chi connectivity index (χ0n) is 10.9. The van der Waals surface area contributed by atoms with Gasteiger partial charge in [-0.3, -0.25) is 4.90 Å². The second kappa shape index (κ2) is 5.48. The van der Waals surface area contributed by atoms with Crippen LogP contribution in [0.3, 0.4) is 0 Å². The minimum absolute atomic E-state index is 0.508. The number of hydrogen-bond donors (Lipinski definition) is 1. The number of rotatable bonds is 6. The molecule has 1 heterocycles. The van der Waals surface area contributed by atoms with Crippen LogP contribution in [-0.4, -0.2) is 49.8 Å². The fourth-order valence-electron chi connectivity index (χ4n) is 2.61. The lowest BCUT2D eigenvalue weighted by Crippen LogP contribution is -2.45. The van der Waals surface area contributed by atoms with Crippen LogP contribution in [0.1, 0.15) is 33.1 Å². The van der Waals surface area contributed by atoms with Gasteiger partial charge in [0, 0.05) is 38.3 Å². The van der Waals surface area contributed by atoms with Crippen molar-refractivity contribution in [1.29, 1.82) is 0 Å². The molecule has 94 valence electrons. The summed E-state index contributed by atoms with van der Waals surface area (Å²) in [6.07, 6.45) is 4.17. The van der Waals surface area contributed by atoms with Crippen molar-refractivity contribution in [3.8, 4) is 0 Å². The Kier molecular flexibility index (Phi) is 4.22. The molecule has 0 spiro atoms. The topological polar surface area (TPSA) is 24.5 Å². The summed E-state index contributed by atoms with van der Waals surface area (Å²) in [5.74, 6) is 0.648. The van der Waals surface area contributed by atoms with Gasteiger partial charge in [-0.15, -0.1) is 0 Å². The minimum atomic E-state index is 0.508. The number of nitrogens with one attached hydrogen (secondary N) is 1. The number of likely N-dealkylation sites (tertiary alicyclic amines) is 1. The lowest BCUT2D eigenvalue weighted by molar-refractivity contribution is 0.140. The Hall–Kier alpha value is -0.120. The molecule has 3 heteroatoms. The van der Waals surface area contributed by atoms with E-state index in [9.17, 15) is 0 Å². The highest BCUT2D eigenvalue weighted by atomic mass is 16.5. The maximum absolute atomic E-state index is 5.29. The van der Waals surface area contributed by atoms with Crippen LogP contribution in [-0.2, 0) is 4.74 Å². The van der Waals surface area contributed by atoms with Gasteiger partial charge in [0.25, 0.3) is 0 Å². The SMILES string of the molecule is COCC(NC1CCN(C2CC2)C1)C(C)C. The Labute approximate surface area is 99.5 Å². The summed E-state index contributed by atoms with van der Waals surface area (Å²) in [7, 11) is 1.79. The van der Waals surface area contributed by atoms with Crippen molar-refractivity contribution in [1.82, 2.24) is 10.2 Å². The standard InChI is InChI=1S/C13H26N2O/c1-10(2)13(9-16-3)14-11-6-7-15(8-11)12-4-5-12/h10-14H,4-9H2,1-3H3. The molecule has 2 fully saturated rings. The van der Waals surface area contributed by atoms with Crippen molar-refractivity contribution in [2.75, 3.05) is 26.8 Å². The third-order valence-corrected chi connectivity index (χ3v) is 3.88. The number of hydrogen-bond acceptors (Lipinski definition) is 3. The molecule has 2 aliphatic rings. The molecule has 3 nitrogen and oxygen atoms in total. The molecule has 0 radical (unpaired) electrons. The van der Waals surface area contributed by atoms with Crippen molar-refractivity contribution < 1.29 is 4.74 Å². The lowest BCUT2D eigenvalue weighted by atomic mass is 10.0. The van der Waals surface area contributed by atoms with Gasteiger partial charge < -0.3 is 10.1 Å². The normalized spacial score (nSPS) is 28.9. The molecule has 0 aromatic heterocycles. The average molecular weight is 226 g/mol. The van der Waals surface area contributed by atoms with Crippen LogP contribution in [0.25, 0.3) is 0 Å². The highest BCUT2D eigenvalue weighted by Crippen LogP contribution is 2.29. The molecule has 0 aromatic rings. The van der Waals surface area contributed by atoms with Gasteiger partial charge in [0.15, 0.2) is 0 Å². The Morgan fingerprint density at radius 2 is 2.06 bits per heavy atom. The van der Waals surface area contributed by atoms with Gasteiger partial charge >= 0.3 is 0 Å². The molecule has 2 rings (SSSR count). The maximum atomic E-state index is 5.29. The number of methoxy groups -OCH3 is 1. The molecule has 1 aliphatic carbocycles. The van der Waals surface area contributed by atoms with Crippen molar-refractivity contribution >= 4 is 0 Å². The lowest BCUT2D eigenvalue weighted by Gasteiger charge is -2.25. The first-order chi connectivity index (χ1) is 7.70. The van der Waals surface area contributed by atoms with Gasteiger partial charge in [-0.25, -0.2) is 0 Å². The smallest absolute Gasteiger partial charge is 0.0618 e. The van der Waals surface area contributed by atoms with E-state index in [2.05, 4.69) is 24.1 Å². The van der Waals surface area contributed by atoms with Crippen LogP contribution in [0.4, 0.5) is 0 Å². The van der Waals surface area contributed by atoms with E-state index in [0.29, 0.717) is 18.0 Å². The summed E-state index contributed by atoms with van der Waals surface area (Å²) in [5, 5.41) is 3.76. The van der Waals surface area contributed by atoms with E-state index >= 15 is 0 Å². The van der Waals surface area contributed by atoms with Crippen molar-refractivity contribution in [2.45, 2.75) is 51.2 Å². The van der Waals surface area contributed by atoms with Gasteiger partial charge in [0.2, 0.25) is 0 Å². The number of ether oxygens (including phenoxy) is 1. The van der Waals surface area contributed by atoms with E-state index in [4.69, 9.17) is 4.74 Å². The largest absolute Gasteiger partial charge is 0.383 e. The predicted octanol–water partition coefficient (Wildman–Crippen LogP) is 1.48. The van der Waals surface area contributed by atoms with Gasteiger partial charge in [0.1, 0.15) is 0 Å². The summed E-state index contributed by atoms with van der Waals surface area (Å²) < 4.78 is 5.29. The monoisotopic (exact) mass is 226 g/mol. The average Bonchev–Trinajstić information content (AvgIpc) is 2.99. The van der Waals surface area contributed by atoms with Crippen molar-refractivity contribution in [2.24, 2.45) is 5.92 Å². The molecule has 1 saturated heterocycles. The summed E-state index contributed by atoms with van der Waals surface area (Å²) in [6.45, 7) is 7.91. The van der Waals surface area contributed by atoms with Gasteiger partial charge in [-0.2, -0.15) is 0 Å². The molecule has 1 N–H and O–H groups in total. The highest BCUT2D eigenvalue weighted by Gasteiger charge is 2.35. The van der Waals surface area contributed by atoms with Gasteiger partial charge in [0.05, 0.1) is 6.61 Å². The fourth-order valence-corrected chi connectivity index (χ4v) is 2.61. The molecule has 2 atom stereocenters. The van der Waals surface area contributed by atoms with Crippen LogP contribution in [0, 0.1) is 5.92 Å². The maximum Gasteiger partial charge on any atom is 0.0618 e. The molecular weight excluding hydrogens is 200 g/mol. The molecule has 0 aromatic carbocycles. The molecular formula is C13H26N2O. The van der Waals surface area contributed by atoms with Gasteiger partial charge in [-0.05, 0) is 25.2 Å². The van der Waals surface area contributed by atoms with E-state index in [1.165, 1.54) is 32.4 Å².